The third kappa shape index (κ3) is 5.31. The molecular formula is C15H19F2NO4. The third-order valence-corrected chi connectivity index (χ3v) is 3.34. The van der Waals surface area contributed by atoms with Gasteiger partial charge in [-0.3, -0.25) is 4.79 Å². The molecule has 0 aliphatic heterocycles. The summed E-state index contributed by atoms with van der Waals surface area (Å²) in [6, 6.07) is 4.90. The maximum atomic E-state index is 12.3. The molecule has 0 bridgehead atoms. The highest BCUT2D eigenvalue weighted by molar-refractivity contribution is 5.85. The number of carbonyl (C=O) groups excluding carboxylic acids is 1. The van der Waals surface area contributed by atoms with Crippen LogP contribution in [0.2, 0.25) is 0 Å². The molecular weight excluding hydrogens is 296 g/mol. The lowest BCUT2D eigenvalue weighted by Gasteiger charge is -2.20. The SMILES string of the molecule is CC[C@H](C)[C@H](NC(=O)Cc1ccccc1OC(F)F)C(=O)O. The molecule has 0 spiro atoms. The van der Waals surface area contributed by atoms with E-state index in [2.05, 4.69) is 10.1 Å². The first-order chi connectivity index (χ1) is 10.3. The second-order valence-corrected chi connectivity index (χ2v) is 4.93. The number of carboxylic acid groups (broad SMARTS) is 1. The summed E-state index contributed by atoms with van der Waals surface area (Å²) in [7, 11) is 0. The Morgan fingerprint density at radius 3 is 2.50 bits per heavy atom. The van der Waals surface area contributed by atoms with Gasteiger partial charge in [0.2, 0.25) is 5.91 Å². The van der Waals surface area contributed by atoms with Crippen LogP contribution in [0.5, 0.6) is 5.75 Å². The Morgan fingerprint density at radius 1 is 1.32 bits per heavy atom. The third-order valence-electron chi connectivity index (χ3n) is 3.34. The molecule has 0 aromatic heterocycles. The smallest absolute Gasteiger partial charge is 0.387 e. The Hall–Kier alpha value is -2.18. The van der Waals surface area contributed by atoms with Crippen molar-refractivity contribution < 1.29 is 28.2 Å². The van der Waals surface area contributed by atoms with E-state index in [1.165, 1.54) is 18.2 Å². The molecule has 0 unspecified atom stereocenters. The van der Waals surface area contributed by atoms with Crippen LogP contribution in [0.3, 0.4) is 0 Å². The molecule has 122 valence electrons. The summed E-state index contributed by atoms with van der Waals surface area (Å²) in [5, 5.41) is 11.5. The summed E-state index contributed by atoms with van der Waals surface area (Å²) in [5.41, 5.74) is 0.272. The number of rotatable bonds is 8. The number of nitrogens with one attached hydrogen (secondary N) is 1. The van der Waals surface area contributed by atoms with Crippen molar-refractivity contribution in [2.75, 3.05) is 0 Å². The van der Waals surface area contributed by atoms with Crippen molar-refractivity contribution in [3.8, 4) is 5.75 Å². The fraction of sp³-hybridized carbons (Fsp3) is 0.467. The molecule has 0 aliphatic rings. The van der Waals surface area contributed by atoms with Crippen LogP contribution >= 0.6 is 0 Å². The second-order valence-electron chi connectivity index (χ2n) is 4.93. The summed E-state index contributed by atoms with van der Waals surface area (Å²) >= 11 is 0. The first kappa shape index (κ1) is 17.9. The van der Waals surface area contributed by atoms with Gasteiger partial charge in [0.15, 0.2) is 0 Å². The number of benzene rings is 1. The number of carbonyl (C=O) groups is 2. The van der Waals surface area contributed by atoms with Gasteiger partial charge in [0.05, 0.1) is 6.42 Å². The molecule has 1 aromatic rings. The molecule has 1 rings (SSSR count). The van der Waals surface area contributed by atoms with E-state index in [1.54, 1.807) is 13.0 Å². The molecule has 0 heterocycles. The lowest BCUT2D eigenvalue weighted by atomic mass is 9.99. The van der Waals surface area contributed by atoms with Crippen LogP contribution in [-0.2, 0) is 16.0 Å². The first-order valence-electron chi connectivity index (χ1n) is 6.90. The summed E-state index contributed by atoms with van der Waals surface area (Å²) in [6.45, 7) is 0.543. The molecule has 0 saturated carbocycles. The summed E-state index contributed by atoms with van der Waals surface area (Å²) in [6.07, 6.45) is 0.353. The number of amides is 1. The standard InChI is InChI=1S/C15H19F2NO4/c1-3-9(2)13(14(20)21)18-12(19)8-10-6-4-5-7-11(10)22-15(16)17/h4-7,9,13,15H,3,8H2,1-2H3,(H,18,19)(H,20,21)/t9-,13-/m0/s1. The van der Waals surface area contributed by atoms with Gasteiger partial charge in [0.1, 0.15) is 11.8 Å². The van der Waals surface area contributed by atoms with Crippen molar-refractivity contribution in [1.82, 2.24) is 5.32 Å². The van der Waals surface area contributed by atoms with Crippen molar-refractivity contribution in [3.63, 3.8) is 0 Å². The molecule has 0 aliphatic carbocycles. The predicted molar refractivity (Wildman–Crippen MR) is 75.8 cm³/mol. The van der Waals surface area contributed by atoms with Crippen molar-refractivity contribution in [2.24, 2.45) is 5.92 Å². The van der Waals surface area contributed by atoms with E-state index in [1.807, 2.05) is 6.92 Å². The Bertz CT molecular complexity index is 522. The van der Waals surface area contributed by atoms with Crippen LogP contribution in [0.4, 0.5) is 8.78 Å². The molecule has 2 N–H and O–H groups in total. The van der Waals surface area contributed by atoms with Gasteiger partial charge in [0, 0.05) is 5.56 Å². The van der Waals surface area contributed by atoms with Gasteiger partial charge in [-0.25, -0.2) is 4.79 Å². The number of aliphatic carboxylic acids is 1. The van der Waals surface area contributed by atoms with Gasteiger partial charge in [-0.05, 0) is 12.0 Å². The van der Waals surface area contributed by atoms with E-state index >= 15 is 0 Å². The van der Waals surface area contributed by atoms with Crippen LogP contribution in [0.25, 0.3) is 0 Å². The number of para-hydroxylation sites is 1. The maximum absolute atomic E-state index is 12.3. The van der Waals surface area contributed by atoms with E-state index in [0.29, 0.717) is 6.42 Å². The lowest BCUT2D eigenvalue weighted by molar-refractivity contribution is -0.143. The zero-order valence-electron chi connectivity index (χ0n) is 12.4. The fourth-order valence-corrected chi connectivity index (χ4v) is 1.94. The highest BCUT2D eigenvalue weighted by Gasteiger charge is 2.25. The topological polar surface area (TPSA) is 75.6 Å². The Morgan fingerprint density at radius 2 is 1.95 bits per heavy atom. The van der Waals surface area contributed by atoms with Crippen LogP contribution in [-0.4, -0.2) is 29.6 Å². The summed E-state index contributed by atoms with van der Waals surface area (Å²) in [5.74, 6) is -2.02. The quantitative estimate of drug-likeness (QED) is 0.772. The average molecular weight is 315 g/mol. The van der Waals surface area contributed by atoms with Gasteiger partial charge in [-0.1, -0.05) is 38.5 Å². The van der Waals surface area contributed by atoms with Gasteiger partial charge in [-0.2, -0.15) is 8.78 Å². The minimum Gasteiger partial charge on any atom is -0.480 e. The molecule has 0 saturated heterocycles. The highest BCUT2D eigenvalue weighted by atomic mass is 19.3. The molecule has 2 atom stereocenters. The van der Waals surface area contributed by atoms with Crippen molar-refractivity contribution in [2.45, 2.75) is 39.3 Å². The Labute approximate surface area is 127 Å². The molecule has 7 heteroatoms. The largest absolute Gasteiger partial charge is 0.480 e. The molecule has 1 aromatic carbocycles. The molecule has 5 nitrogen and oxygen atoms in total. The Balaban J connectivity index is 2.78. The lowest BCUT2D eigenvalue weighted by Crippen LogP contribution is -2.45. The van der Waals surface area contributed by atoms with E-state index < -0.39 is 24.5 Å². The summed E-state index contributed by atoms with van der Waals surface area (Å²) < 4.78 is 28.9. The van der Waals surface area contributed by atoms with Crippen LogP contribution in [0.1, 0.15) is 25.8 Å². The monoisotopic (exact) mass is 315 g/mol. The number of alkyl halides is 2. The molecule has 0 radical (unpaired) electrons. The number of carboxylic acids is 1. The van der Waals surface area contributed by atoms with E-state index in [0.717, 1.165) is 0 Å². The van der Waals surface area contributed by atoms with Gasteiger partial charge in [-0.15, -0.1) is 0 Å². The number of hydrogen-bond acceptors (Lipinski definition) is 3. The van der Waals surface area contributed by atoms with Crippen molar-refractivity contribution >= 4 is 11.9 Å². The van der Waals surface area contributed by atoms with E-state index in [9.17, 15) is 18.4 Å². The molecule has 0 fully saturated rings. The normalized spacial score (nSPS) is 13.5. The minimum atomic E-state index is -2.99. The highest BCUT2D eigenvalue weighted by Crippen LogP contribution is 2.21. The number of halogens is 2. The molecule has 22 heavy (non-hydrogen) atoms. The van der Waals surface area contributed by atoms with Crippen LogP contribution in [0.15, 0.2) is 24.3 Å². The van der Waals surface area contributed by atoms with Crippen molar-refractivity contribution in [1.29, 1.82) is 0 Å². The zero-order chi connectivity index (χ0) is 16.7. The first-order valence-corrected chi connectivity index (χ1v) is 6.90. The fourth-order valence-electron chi connectivity index (χ4n) is 1.94. The number of ether oxygens (including phenoxy) is 1. The Kier molecular flexibility index (Phi) is 6.75. The predicted octanol–water partition coefficient (Wildman–Crippen LogP) is 2.45. The minimum absolute atomic E-state index is 0.0944. The second kappa shape index (κ2) is 8.31. The molecule has 1 amide bonds. The van der Waals surface area contributed by atoms with Crippen LogP contribution < -0.4 is 10.1 Å². The van der Waals surface area contributed by atoms with Crippen LogP contribution in [0, 0.1) is 5.92 Å². The average Bonchev–Trinajstić information content (AvgIpc) is 2.45. The maximum Gasteiger partial charge on any atom is 0.387 e. The van der Waals surface area contributed by atoms with Gasteiger partial charge < -0.3 is 15.2 Å². The van der Waals surface area contributed by atoms with E-state index in [-0.39, 0.29) is 23.7 Å². The summed E-state index contributed by atoms with van der Waals surface area (Å²) in [4.78, 5) is 23.1. The van der Waals surface area contributed by atoms with Crippen molar-refractivity contribution in [3.05, 3.63) is 29.8 Å². The zero-order valence-corrected chi connectivity index (χ0v) is 12.4. The number of hydrogen-bond donors (Lipinski definition) is 2. The van der Waals surface area contributed by atoms with Gasteiger partial charge >= 0.3 is 12.6 Å². The van der Waals surface area contributed by atoms with Gasteiger partial charge in [0.25, 0.3) is 0 Å². The van der Waals surface area contributed by atoms with E-state index in [4.69, 9.17) is 5.11 Å².